The van der Waals surface area contributed by atoms with Crippen LogP contribution in [0.3, 0.4) is 0 Å². The molecule has 0 aliphatic heterocycles. The van der Waals surface area contributed by atoms with Gasteiger partial charge in [0.25, 0.3) is 5.91 Å². The summed E-state index contributed by atoms with van der Waals surface area (Å²) in [6.45, 7) is 8.23. The first kappa shape index (κ1) is 16.0. The van der Waals surface area contributed by atoms with Gasteiger partial charge in [-0.1, -0.05) is 31.5 Å². The van der Waals surface area contributed by atoms with E-state index in [9.17, 15) is 4.79 Å². The zero-order valence-electron chi connectivity index (χ0n) is 13.5. The Morgan fingerprint density at radius 1 is 1.14 bits per heavy atom. The second-order valence-electron chi connectivity index (χ2n) is 6.58. The number of benzene rings is 1. The first-order chi connectivity index (χ1) is 10.1. The molecule has 0 aromatic heterocycles. The minimum absolute atomic E-state index is 0.0158. The molecular formula is C18H28N2O. The second-order valence-corrected chi connectivity index (χ2v) is 6.58. The van der Waals surface area contributed by atoms with E-state index in [1.807, 2.05) is 31.2 Å². The maximum atomic E-state index is 12.0. The molecule has 0 bridgehead atoms. The van der Waals surface area contributed by atoms with Gasteiger partial charge in [-0.05, 0) is 50.2 Å². The molecule has 0 spiro atoms. The zero-order chi connectivity index (χ0) is 15.2. The van der Waals surface area contributed by atoms with E-state index in [4.69, 9.17) is 0 Å². The van der Waals surface area contributed by atoms with Crippen molar-refractivity contribution in [1.82, 2.24) is 10.6 Å². The van der Waals surface area contributed by atoms with Crippen LogP contribution in [-0.4, -0.2) is 25.0 Å². The SMILES string of the molecule is Cc1ccc(C(=O)NCCNC2CCC(C)CC2C)cc1. The molecule has 0 heterocycles. The monoisotopic (exact) mass is 288 g/mol. The summed E-state index contributed by atoms with van der Waals surface area (Å²) in [5.41, 5.74) is 1.91. The topological polar surface area (TPSA) is 41.1 Å². The van der Waals surface area contributed by atoms with Crippen LogP contribution in [-0.2, 0) is 0 Å². The fourth-order valence-corrected chi connectivity index (χ4v) is 3.21. The van der Waals surface area contributed by atoms with Gasteiger partial charge in [0.2, 0.25) is 0 Å². The predicted molar refractivity (Wildman–Crippen MR) is 87.5 cm³/mol. The molecule has 116 valence electrons. The minimum Gasteiger partial charge on any atom is -0.351 e. The van der Waals surface area contributed by atoms with Crippen molar-refractivity contribution in [2.45, 2.75) is 46.1 Å². The Bertz CT molecular complexity index is 455. The van der Waals surface area contributed by atoms with Crippen molar-refractivity contribution in [2.75, 3.05) is 13.1 Å². The molecule has 1 aliphatic carbocycles. The number of rotatable bonds is 5. The first-order valence-electron chi connectivity index (χ1n) is 8.14. The molecular weight excluding hydrogens is 260 g/mol. The van der Waals surface area contributed by atoms with E-state index in [-0.39, 0.29) is 5.91 Å². The molecule has 1 aromatic rings. The van der Waals surface area contributed by atoms with E-state index in [2.05, 4.69) is 24.5 Å². The highest BCUT2D eigenvalue weighted by molar-refractivity contribution is 5.94. The Hall–Kier alpha value is -1.35. The van der Waals surface area contributed by atoms with Gasteiger partial charge in [0.15, 0.2) is 0 Å². The lowest BCUT2D eigenvalue weighted by Gasteiger charge is -2.33. The molecule has 1 aliphatic rings. The van der Waals surface area contributed by atoms with Crippen LogP contribution < -0.4 is 10.6 Å². The molecule has 0 saturated heterocycles. The Labute approximate surface area is 128 Å². The van der Waals surface area contributed by atoms with Crippen molar-refractivity contribution >= 4 is 5.91 Å². The number of hydrogen-bond acceptors (Lipinski definition) is 2. The van der Waals surface area contributed by atoms with Crippen LogP contribution in [0.4, 0.5) is 0 Å². The van der Waals surface area contributed by atoms with Crippen LogP contribution in [0.15, 0.2) is 24.3 Å². The van der Waals surface area contributed by atoms with E-state index < -0.39 is 0 Å². The van der Waals surface area contributed by atoms with E-state index >= 15 is 0 Å². The molecule has 1 amide bonds. The van der Waals surface area contributed by atoms with Gasteiger partial charge in [-0.15, -0.1) is 0 Å². The van der Waals surface area contributed by atoms with Crippen molar-refractivity contribution in [3.05, 3.63) is 35.4 Å². The van der Waals surface area contributed by atoms with Crippen molar-refractivity contribution in [2.24, 2.45) is 11.8 Å². The lowest BCUT2D eigenvalue weighted by Crippen LogP contribution is -2.42. The first-order valence-corrected chi connectivity index (χ1v) is 8.14. The number of aryl methyl sites for hydroxylation is 1. The molecule has 0 radical (unpaired) electrons. The zero-order valence-corrected chi connectivity index (χ0v) is 13.5. The summed E-state index contributed by atoms with van der Waals surface area (Å²) in [6, 6.07) is 8.30. The summed E-state index contributed by atoms with van der Waals surface area (Å²) >= 11 is 0. The molecule has 1 aromatic carbocycles. The van der Waals surface area contributed by atoms with Crippen molar-refractivity contribution in [3.63, 3.8) is 0 Å². The molecule has 1 fully saturated rings. The van der Waals surface area contributed by atoms with Gasteiger partial charge in [-0.3, -0.25) is 4.79 Å². The van der Waals surface area contributed by atoms with Crippen LogP contribution >= 0.6 is 0 Å². The highest BCUT2D eigenvalue weighted by atomic mass is 16.1. The summed E-state index contributed by atoms with van der Waals surface area (Å²) in [6.07, 6.45) is 3.89. The van der Waals surface area contributed by atoms with E-state index in [1.54, 1.807) is 0 Å². The number of carbonyl (C=O) groups is 1. The Morgan fingerprint density at radius 3 is 2.52 bits per heavy atom. The Balaban J connectivity index is 1.67. The van der Waals surface area contributed by atoms with Gasteiger partial charge in [0.05, 0.1) is 0 Å². The van der Waals surface area contributed by atoms with E-state index in [1.165, 1.54) is 24.8 Å². The van der Waals surface area contributed by atoms with Gasteiger partial charge in [-0.25, -0.2) is 0 Å². The number of carbonyl (C=O) groups excluding carboxylic acids is 1. The highest BCUT2D eigenvalue weighted by Crippen LogP contribution is 2.28. The van der Waals surface area contributed by atoms with Crippen molar-refractivity contribution in [3.8, 4) is 0 Å². The third-order valence-corrected chi connectivity index (χ3v) is 4.56. The standard InChI is InChI=1S/C18H28N2O/c1-13-4-7-16(8-5-13)18(21)20-11-10-19-17-9-6-14(2)12-15(17)3/h4-5,7-8,14-15,17,19H,6,9-12H2,1-3H3,(H,20,21). The number of hydrogen-bond donors (Lipinski definition) is 2. The maximum Gasteiger partial charge on any atom is 0.251 e. The van der Waals surface area contributed by atoms with Crippen LogP contribution in [0.25, 0.3) is 0 Å². The summed E-state index contributed by atoms with van der Waals surface area (Å²) in [4.78, 5) is 12.0. The minimum atomic E-state index is 0.0158. The van der Waals surface area contributed by atoms with Crippen LogP contribution in [0, 0.1) is 18.8 Å². The van der Waals surface area contributed by atoms with Crippen molar-refractivity contribution < 1.29 is 4.79 Å². The second kappa shape index (κ2) is 7.60. The van der Waals surface area contributed by atoms with E-state index in [0.717, 1.165) is 23.9 Å². The predicted octanol–water partition coefficient (Wildman–Crippen LogP) is 3.14. The lowest BCUT2D eigenvalue weighted by atomic mass is 9.80. The smallest absolute Gasteiger partial charge is 0.251 e. The summed E-state index contributed by atoms with van der Waals surface area (Å²) in [7, 11) is 0. The molecule has 21 heavy (non-hydrogen) atoms. The molecule has 3 nitrogen and oxygen atoms in total. The quantitative estimate of drug-likeness (QED) is 0.817. The van der Waals surface area contributed by atoms with Crippen LogP contribution in [0.1, 0.15) is 49.0 Å². The summed E-state index contributed by atoms with van der Waals surface area (Å²) in [5, 5.41) is 6.57. The molecule has 1 saturated carbocycles. The van der Waals surface area contributed by atoms with Crippen LogP contribution in [0.5, 0.6) is 0 Å². The van der Waals surface area contributed by atoms with Gasteiger partial charge in [0.1, 0.15) is 0 Å². The third kappa shape index (κ3) is 4.85. The molecule has 2 rings (SSSR count). The van der Waals surface area contributed by atoms with Crippen LogP contribution in [0.2, 0.25) is 0 Å². The highest BCUT2D eigenvalue weighted by Gasteiger charge is 2.24. The van der Waals surface area contributed by atoms with Crippen molar-refractivity contribution in [1.29, 1.82) is 0 Å². The van der Waals surface area contributed by atoms with Gasteiger partial charge in [0, 0.05) is 24.7 Å². The summed E-state index contributed by atoms with van der Waals surface area (Å²) < 4.78 is 0. The fourth-order valence-electron chi connectivity index (χ4n) is 3.21. The van der Waals surface area contributed by atoms with Gasteiger partial charge >= 0.3 is 0 Å². The average molecular weight is 288 g/mol. The number of amides is 1. The fraction of sp³-hybridized carbons (Fsp3) is 0.611. The largest absolute Gasteiger partial charge is 0.351 e. The Kier molecular flexibility index (Phi) is 5.80. The van der Waals surface area contributed by atoms with Gasteiger partial charge < -0.3 is 10.6 Å². The third-order valence-electron chi connectivity index (χ3n) is 4.56. The summed E-state index contributed by atoms with van der Waals surface area (Å²) in [5.74, 6) is 1.61. The van der Waals surface area contributed by atoms with Gasteiger partial charge in [-0.2, -0.15) is 0 Å². The average Bonchev–Trinajstić information content (AvgIpc) is 2.46. The molecule has 3 atom stereocenters. The Morgan fingerprint density at radius 2 is 1.86 bits per heavy atom. The molecule has 2 N–H and O–H groups in total. The molecule has 3 unspecified atom stereocenters. The molecule has 3 heteroatoms. The lowest BCUT2D eigenvalue weighted by molar-refractivity contribution is 0.0953. The van der Waals surface area contributed by atoms with E-state index in [0.29, 0.717) is 12.6 Å². The maximum absolute atomic E-state index is 12.0. The number of nitrogens with one attached hydrogen (secondary N) is 2. The normalized spacial score (nSPS) is 25.6.